The smallest absolute Gasteiger partial charge is 0.313 e. The van der Waals surface area contributed by atoms with Crippen molar-refractivity contribution < 1.29 is 14.4 Å². The number of benzene rings is 2. The van der Waals surface area contributed by atoms with Gasteiger partial charge in [-0.25, -0.2) is 4.98 Å². The molecule has 1 aromatic heterocycles. The maximum atomic E-state index is 12.5. The number of piperidine rings is 1. The van der Waals surface area contributed by atoms with Gasteiger partial charge < -0.3 is 15.5 Å². The van der Waals surface area contributed by atoms with Gasteiger partial charge in [0.05, 0.1) is 21.8 Å². The van der Waals surface area contributed by atoms with E-state index in [4.69, 9.17) is 4.98 Å². The molecule has 160 valence electrons. The van der Waals surface area contributed by atoms with Gasteiger partial charge in [0.25, 0.3) is 0 Å². The minimum absolute atomic E-state index is 0.181. The topological polar surface area (TPSA) is 91.4 Å². The molecule has 0 saturated carbocycles. The summed E-state index contributed by atoms with van der Waals surface area (Å²) in [7, 11) is 0. The summed E-state index contributed by atoms with van der Waals surface area (Å²) in [6.07, 6.45) is 1.68. The van der Waals surface area contributed by atoms with Crippen molar-refractivity contribution in [3.8, 4) is 0 Å². The summed E-state index contributed by atoms with van der Waals surface area (Å²) in [5.41, 5.74) is 2.61. The Kier molecular flexibility index (Phi) is 6.27. The molecule has 2 aromatic carbocycles. The highest BCUT2D eigenvalue weighted by Gasteiger charge is 2.26. The normalized spacial score (nSPS) is 14.4. The van der Waals surface area contributed by atoms with Crippen LogP contribution in [0.3, 0.4) is 0 Å². The Hall–Kier alpha value is -3.26. The van der Waals surface area contributed by atoms with Gasteiger partial charge in [0.1, 0.15) is 0 Å². The number of thiazole rings is 1. The Balaban J connectivity index is 1.23. The number of fused-ring (bicyclic) bond motifs is 1. The lowest BCUT2D eigenvalue weighted by molar-refractivity contribution is -0.138. The lowest BCUT2D eigenvalue weighted by Gasteiger charge is -2.31. The van der Waals surface area contributed by atoms with E-state index in [1.165, 1.54) is 4.70 Å². The minimum atomic E-state index is -0.821. The summed E-state index contributed by atoms with van der Waals surface area (Å²) in [4.78, 5) is 43.0. The molecule has 0 aliphatic carbocycles. The molecule has 2 N–H and O–H groups in total. The molecule has 0 spiro atoms. The summed E-state index contributed by atoms with van der Waals surface area (Å²) < 4.78 is 1.18. The highest BCUT2D eigenvalue weighted by Crippen LogP contribution is 2.33. The molecule has 1 aliphatic rings. The van der Waals surface area contributed by atoms with Crippen LogP contribution >= 0.6 is 11.3 Å². The molecule has 3 amide bonds. The number of rotatable bonds is 4. The molecule has 1 aliphatic heterocycles. The van der Waals surface area contributed by atoms with E-state index < -0.39 is 11.8 Å². The number of carbonyl (C=O) groups excluding carboxylic acids is 3. The first-order valence-electron chi connectivity index (χ1n) is 10.3. The molecular formula is C23H24N4O3S. The molecule has 7 nitrogen and oxygen atoms in total. The van der Waals surface area contributed by atoms with E-state index in [0.29, 0.717) is 24.7 Å². The van der Waals surface area contributed by atoms with Gasteiger partial charge in [0.2, 0.25) is 5.91 Å². The van der Waals surface area contributed by atoms with Gasteiger partial charge in [0, 0.05) is 24.7 Å². The summed E-state index contributed by atoms with van der Waals surface area (Å²) in [5, 5.41) is 6.06. The lowest BCUT2D eigenvalue weighted by Crippen LogP contribution is -2.45. The Morgan fingerprint density at radius 1 is 1.03 bits per heavy atom. The molecule has 8 heteroatoms. The lowest BCUT2D eigenvalue weighted by atomic mass is 9.97. The fraction of sp³-hybridized carbons (Fsp3) is 0.304. The quantitative estimate of drug-likeness (QED) is 0.615. The Labute approximate surface area is 184 Å². The first-order chi connectivity index (χ1) is 15.0. The van der Waals surface area contributed by atoms with Gasteiger partial charge >= 0.3 is 11.8 Å². The molecule has 0 bridgehead atoms. The number of hydrogen-bond donors (Lipinski definition) is 2. The number of amides is 3. The summed E-state index contributed by atoms with van der Waals surface area (Å²) >= 11 is 1.72. The number of para-hydroxylation sites is 1. The van der Waals surface area contributed by atoms with Gasteiger partial charge in [0.15, 0.2) is 0 Å². The molecule has 31 heavy (non-hydrogen) atoms. The number of hydrogen-bond acceptors (Lipinski definition) is 5. The van der Waals surface area contributed by atoms with Crippen molar-refractivity contribution in [3.05, 3.63) is 59.1 Å². The maximum absolute atomic E-state index is 12.5. The molecule has 1 saturated heterocycles. The van der Waals surface area contributed by atoms with E-state index in [1.54, 1.807) is 28.4 Å². The predicted octanol–water partition coefficient (Wildman–Crippen LogP) is 3.07. The SMILES string of the molecule is Cc1ccc(NC(=O)C(=O)NCC(=O)N2CCC(c3nc4ccccc4s3)CC2)cc1. The molecule has 2 heterocycles. The van der Waals surface area contributed by atoms with Crippen LogP contribution in [0.5, 0.6) is 0 Å². The highest BCUT2D eigenvalue weighted by atomic mass is 32.1. The van der Waals surface area contributed by atoms with Crippen LogP contribution < -0.4 is 10.6 Å². The van der Waals surface area contributed by atoms with Crippen molar-refractivity contribution in [1.29, 1.82) is 0 Å². The largest absolute Gasteiger partial charge is 0.341 e. The summed E-state index contributed by atoms with van der Waals surface area (Å²) in [5.74, 6) is -1.44. The molecule has 0 radical (unpaired) electrons. The van der Waals surface area contributed by atoms with E-state index in [0.717, 1.165) is 28.9 Å². The van der Waals surface area contributed by atoms with Crippen molar-refractivity contribution in [2.75, 3.05) is 25.0 Å². The molecule has 1 fully saturated rings. The molecule has 0 unspecified atom stereocenters. The van der Waals surface area contributed by atoms with Gasteiger partial charge in [-0.3, -0.25) is 14.4 Å². The Bertz CT molecular complexity index is 1070. The van der Waals surface area contributed by atoms with Crippen molar-refractivity contribution in [2.45, 2.75) is 25.7 Å². The number of nitrogens with one attached hydrogen (secondary N) is 2. The van der Waals surface area contributed by atoms with Crippen LogP contribution in [-0.4, -0.2) is 47.2 Å². The first-order valence-corrected chi connectivity index (χ1v) is 11.1. The molecule has 4 rings (SSSR count). The fourth-order valence-corrected chi connectivity index (χ4v) is 4.75. The van der Waals surface area contributed by atoms with Crippen LogP contribution in [0.25, 0.3) is 10.2 Å². The van der Waals surface area contributed by atoms with Gasteiger partial charge in [-0.2, -0.15) is 0 Å². The standard InChI is InChI=1S/C23H24N4O3S/c1-15-6-8-17(9-7-15)25-22(30)21(29)24-14-20(28)27-12-10-16(11-13-27)23-26-18-4-2-3-5-19(18)31-23/h2-9,16H,10-14H2,1H3,(H,24,29)(H,25,30). The number of anilines is 1. The van der Waals surface area contributed by atoms with Crippen LogP contribution in [0.4, 0.5) is 5.69 Å². The van der Waals surface area contributed by atoms with Crippen LogP contribution in [0.1, 0.15) is 29.3 Å². The Morgan fingerprint density at radius 3 is 2.45 bits per heavy atom. The third-order valence-electron chi connectivity index (χ3n) is 5.42. The highest BCUT2D eigenvalue weighted by molar-refractivity contribution is 7.18. The van der Waals surface area contributed by atoms with Crippen LogP contribution in [-0.2, 0) is 14.4 Å². The third kappa shape index (κ3) is 5.08. The zero-order valence-electron chi connectivity index (χ0n) is 17.3. The summed E-state index contributed by atoms with van der Waals surface area (Å²) in [6, 6.07) is 15.2. The second-order valence-corrected chi connectivity index (χ2v) is 8.74. The average molecular weight is 437 g/mol. The van der Waals surface area contributed by atoms with Crippen molar-refractivity contribution in [2.24, 2.45) is 0 Å². The number of likely N-dealkylation sites (tertiary alicyclic amines) is 1. The monoisotopic (exact) mass is 436 g/mol. The van der Waals surface area contributed by atoms with E-state index in [1.807, 2.05) is 37.3 Å². The van der Waals surface area contributed by atoms with Gasteiger partial charge in [-0.05, 0) is 44.0 Å². The zero-order chi connectivity index (χ0) is 21.8. The third-order valence-corrected chi connectivity index (χ3v) is 6.62. The van der Waals surface area contributed by atoms with E-state index in [-0.39, 0.29) is 12.5 Å². The first kappa shape index (κ1) is 21.0. The van der Waals surface area contributed by atoms with Crippen molar-refractivity contribution >= 4 is 45.0 Å². The van der Waals surface area contributed by atoms with Gasteiger partial charge in [-0.1, -0.05) is 29.8 Å². The van der Waals surface area contributed by atoms with Crippen molar-refractivity contribution in [1.82, 2.24) is 15.2 Å². The minimum Gasteiger partial charge on any atom is -0.341 e. The molecular weight excluding hydrogens is 412 g/mol. The second kappa shape index (κ2) is 9.26. The van der Waals surface area contributed by atoms with Gasteiger partial charge in [-0.15, -0.1) is 11.3 Å². The van der Waals surface area contributed by atoms with Crippen LogP contribution in [0.2, 0.25) is 0 Å². The van der Waals surface area contributed by atoms with Crippen LogP contribution in [0.15, 0.2) is 48.5 Å². The van der Waals surface area contributed by atoms with Crippen LogP contribution in [0, 0.1) is 6.92 Å². The summed E-state index contributed by atoms with van der Waals surface area (Å²) in [6.45, 7) is 2.98. The maximum Gasteiger partial charge on any atom is 0.313 e. The average Bonchev–Trinajstić information content (AvgIpc) is 3.23. The van der Waals surface area contributed by atoms with E-state index in [2.05, 4.69) is 16.7 Å². The number of nitrogens with zero attached hydrogens (tertiary/aromatic N) is 2. The predicted molar refractivity (Wildman–Crippen MR) is 121 cm³/mol. The number of aryl methyl sites for hydroxylation is 1. The molecule has 3 aromatic rings. The zero-order valence-corrected chi connectivity index (χ0v) is 18.1. The molecule has 0 atom stereocenters. The Morgan fingerprint density at radius 2 is 1.74 bits per heavy atom. The number of carbonyl (C=O) groups is 3. The number of aromatic nitrogens is 1. The second-order valence-electron chi connectivity index (χ2n) is 7.68. The van der Waals surface area contributed by atoms with E-state index in [9.17, 15) is 14.4 Å². The fourth-order valence-electron chi connectivity index (χ4n) is 3.61. The van der Waals surface area contributed by atoms with E-state index >= 15 is 0 Å². The van der Waals surface area contributed by atoms with Crippen molar-refractivity contribution in [3.63, 3.8) is 0 Å².